The van der Waals surface area contributed by atoms with Crippen molar-refractivity contribution in [2.24, 2.45) is 0 Å². The molecule has 176 valence electrons. The number of carbonyl (C=O) groups excluding carboxylic acids is 3. The van der Waals surface area contributed by atoms with Crippen molar-refractivity contribution in [2.75, 3.05) is 22.9 Å². The number of rotatable bonds is 8. The third-order valence-corrected chi connectivity index (χ3v) is 8.50. The first kappa shape index (κ1) is 23.9. The van der Waals surface area contributed by atoms with E-state index in [1.807, 2.05) is 31.2 Å². The maximum Gasteiger partial charge on any atom is 0.269 e. The van der Waals surface area contributed by atoms with Crippen molar-refractivity contribution < 1.29 is 22.8 Å². The molecule has 0 bridgehead atoms. The van der Waals surface area contributed by atoms with Gasteiger partial charge in [-0.1, -0.05) is 52.9 Å². The summed E-state index contributed by atoms with van der Waals surface area (Å²) in [4.78, 5) is 36.7. The fourth-order valence-electron chi connectivity index (χ4n) is 3.09. The summed E-state index contributed by atoms with van der Waals surface area (Å²) < 4.78 is 26.2. The van der Waals surface area contributed by atoms with Gasteiger partial charge in [0.25, 0.3) is 15.9 Å². The molecule has 0 atom stereocenters. The zero-order valence-electron chi connectivity index (χ0n) is 17.8. The van der Waals surface area contributed by atoms with Gasteiger partial charge in [0.15, 0.2) is 4.34 Å². The van der Waals surface area contributed by atoms with Crippen molar-refractivity contribution in [3.05, 3.63) is 59.7 Å². The van der Waals surface area contributed by atoms with Gasteiger partial charge in [-0.25, -0.2) is 12.7 Å². The summed E-state index contributed by atoms with van der Waals surface area (Å²) in [7, 11) is -4.07. The highest BCUT2D eigenvalue weighted by Crippen LogP contribution is 2.30. The first-order chi connectivity index (χ1) is 16.2. The molecule has 3 amide bonds. The summed E-state index contributed by atoms with van der Waals surface area (Å²) >= 11 is 2.40. The standard InChI is InChI=1S/C21H19N5O5S3/c1-13-6-8-14(9-7-13)22-17(27)10-11-32-21-25-24-20(33-21)23-18(28)12-26-19(29)15-4-2-3-5-16(15)34(26,30)31/h2-9H,10-12H2,1H3,(H,22,27)(H,23,24,28). The lowest BCUT2D eigenvalue weighted by atomic mass is 10.2. The van der Waals surface area contributed by atoms with Gasteiger partial charge in [-0.2, -0.15) is 0 Å². The quantitative estimate of drug-likeness (QED) is 0.344. The molecular formula is C21H19N5O5S3. The van der Waals surface area contributed by atoms with Crippen molar-refractivity contribution in [3.8, 4) is 0 Å². The van der Waals surface area contributed by atoms with Gasteiger partial charge < -0.3 is 5.32 Å². The van der Waals surface area contributed by atoms with E-state index in [-0.39, 0.29) is 27.9 Å². The summed E-state index contributed by atoms with van der Waals surface area (Å²) in [5, 5.41) is 13.3. The number of sulfonamides is 1. The van der Waals surface area contributed by atoms with E-state index < -0.39 is 28.4 Å². The zero-order valence-corrected chi connectivity index (χ0v) is 20.3. The van der Waals surface area contributed by atoms with Crippen LogP contribution in [0.5, 0.6) is 0 Å². The minimum Gasteiger partial charge on any atom is -0.326 e. The summed E-state index contributed by atoms with van der Waals surface area (Å²) in [5.41, 5.74) is 1.87. The molecule has 0 radical (unpaired) electrons. The highest BCUT2D eigenvalue weighted by molar-refractivity contribution is 8.01. The van der Waals surface area contributed by atoms with Gasteiger partial charge in [0.05, 0.1) is 5.56 Å². The normalized spacial score (nSPS) is 14.0. The maximum absolute atomic E-state index is 12.6. The second-order valence-corrected chi connectivity index (χ2v) is 11.4. The number of hydrogen-bond donors (Lipinski definition) is 2. The van der Waals surface area contributed by atoms with Gasteiger partial charge in [-0.3, -0.25) is 19.7 Å². The number of aryl methyl sites for hydroxylation is 1. The lowest BCUT2D eigenvalue weighted by molar-refractivity contribution is -0.116. The molecule has 1 aromatic heterocycles. The van der Waals surface area contributed by atoms with Gasteiger partial charge in [-0.05, 0) is 31.2 Å². The van der Waals surface area contributed by atoms with Crippen LogP contribution in [0.15, 0.2) is 57.8 Å². The molecule has 0 spiro atoms. The van der Waals surface area contributed by atoms with Crippen LogP contribution in [-0.2, 0) is 19.6 Å². The third kappa shape index (κ3) is 5.26. The smallest absolute Gasteiger partial charge is 0.269 e. The van der Waals surface area contributed by atoms with Crippen molar-refractivity contribution in [1.82, 2.24) is 14.5 Å². The largest absolute Gasteiger partial charge is 0.326 e. The summed E-state index contributed by atoms with van der Waals surface area (Å²) in [6.45, 7) is 1.30. The second-order valence-electron chi connectivity index (χ2n) is 7.25. The lowest BCUT2D eigenvalue weighted by Crippen LogP contribution is -2.37. The molecule has 13 heteroatoms. The van der Waals surface area contributed by atoms with Gasteiger partial charge in [0.2, 0.25) is 16.9 Å². The third-order valence-electron chi connectivity index (χ3n) is 4.74. The van der Waals surface area contributed by atoms with E-state index in [0.29, 0.717) is 14.4 Å². The number of nitrogens with zero attached hydrogens (tertiary/aromatic N) is 3. The van der Waals surface area contributed by atoms with Crippen LogP contribution in [0.1, 0.15) is 22.3 Å². The van der Waals surface area contributed by atoms with Gasteiger partial charge in [-0.15, -0.1) is 10.2 Å². The topological polar surface area (TPSA) is 138 Å². The maximum atomic E-state index is 12.6. The van der Waals surface area contributed by atoms with Gasteiger partial charge in [0.1, 0.15) is 11.4 Å². The number of fused-ring (bicyclic) bond motifs is 1. The highest BCUT2D eigenvalue weighted by Gasteiger charge is 2.41. The summed E-state index contributed by atoms with van der Waals surface area (Å²) in [6.07, 6.45) is 0.259. The van der Waals surface area contributed by atoms with Crippen LogP contribution in [-0.4, -0.2) is 52.9 Å². The van der Waals surface area contributed by atoms with Crippen LogP contribution < -0.4 is 10.6 Å². The molecule has 1 aliphatic rings. The first-order valence-electron chi connectivity index (χ1n) is 10.0. The van der Waals surface area contributed by atoms with E-state index in [2.05, 4.69) is 20.8 Å². The van der Waals surface area contributed by atoms with Crippen molar-refractivity contribution in [1.29, 1.82) is 0 Å². The molecule has 34 heavy (non-hydrogen) atoms. The molecule has 3 aromatic rings. The Kier molecular flexibility index (Phi) is 6.95. The fraction of sp³-hybridized carbons (Fsp3) is 0.190. The molecular weight excluding hydrogens is 498 g/mol. The predicted octanol–water partition coefficient (Wildman–Crippen LogP) is 2.75. The molecule has 10 nitrogen and oxygen atoms in total. The van der Waals surface area contributed by atoms with Gasteiger partial charge in [0, 0.05) is 17.9 Å². The van der Waals surface area contributed by atoms with Crippen LogP contribution in [0.4, 0.5) is 10.8 Å². The first-order valence-corrected chi connectivity index (χ1v) is 13.3. The number of amides is 3. The Balaban J connectivity index is 1.26. The summed E-state index contributed by atoms with van der Waals surface area (Å²) in [6, 6.07) is 13.3. The number of hydrogen-bond acceptors (Lipinski definition) is 9. The Morgan fingerprint density at radius 3 is 2.50 bits per heavy atom. The van der Waals surface area contributed by atoms with Crippen molar-refractivity contribution >= 4 is 61.7 Å². The second kappa shape index (κ2) is 9.91. The van der Waals surface area contributed by atoms with E-state index in [9.17, 15) is 22.8 Å². The van der Waals surface area contributed by atoms with Crippen molar-refractivity contribution in [3.63, 3.8) is 0 Å². The van der Waals surface area contributed by atoms with Crippen LogP contribution in [0.2, 0.25) is 0 Å². The highest BCUT2D eigenvalue weighted by atomic mass is 32.2. The van der Waals surface area contributed by atoms with E-state index in [4.69, 9.17) is 0 Å². The Morgan fingerprint density at radius 1 is 1.03 bits per heavy atom. The zero-order chi connectivity index (χ0) is 24.3. The van der Waals surface area contributed by atoms with E-state index >= 15 is 0 Å². The molecule has 2 heterocycles. The average Bonchev–Trinajstić information content (AvgIpc) is 3.32. The Labute approximate surface area is 203 Å². The summed E-state index contributed by atoms with van der Waals surface area (Å²) in [5.74, 6) is -1.14. The van der Waals surface area contributed by atoms with Crippen LogP contribution >= 0.6 is 23.1 Å². The minimum atomic E-state index is -4.07. The molecule has 4 rings (SSSR count). The number of carbonyl (C=O) groups is 3. The number of benzene rings is 2. The Hall–Kier alpha value is -3.29. The van der Waals surface area contributed by atoms with Gasteiger partial charge >= 0.3 is 0 Å². The molecule has 0 saturated heterocycles. The molecule has 1 aliphatic heterocycles. The van der Waals surface area contributed by atoms with E-state index in [1.165, 1.54) is 30.0 Å². The van der Waals surface area contributed by atoms with Crippen LogP contribution in [0.25, 0.3) is 0 Å². The lowest BCUT2D eigenvalue weighted by Gasteiger charge is -2.13. The molecule has 0 aliphatic carbocycles. The molecule has 0 saturated carbocycles. The van der Waals surface area contributed by atoms with E-state index in [0.717, 1.165) is 22.6 Å². The van der Waals surface area contributed by atoms with E-state index in [1.54, 1.807) is 6.07 Å². The fourth-order valence-corrected chi connectivity index (χ4v) is 6.39. The molecule has 0 fully saturated rings. The van der Waals surface area contributed by atoms with Crippen molar-refractivity contribution in [2.45, 2.75) is 22.6 Å². The number of aromatic nitrogens is 2. The van der Waals surface area contributed by atoms with Crippen LogP contribution in [0.3, 0.4) is 0 Å². The number of thioether (sulfide) groups is 1. The average molecular weight is 518 g/mol. The molecule has 0 unspecified atom stereocenters. The monoisotopic (exact) mass is 517 g/mol. The Bertz CT molecular complexity index is 1360. The number of anilines is 2. The Morgan fingerprint density at radius 2 is 1.76 bits per heavy atom. The molecule has 2 N–H and O–H groups in total. The minimum absolute atomic E-state index is 0.0383. The number of nitrogens with one attached hydrogen (secondary N) is 2. The van der Waals surface area contributed by atoms with Crippen LogP contribution in [0, 0.1) is 6.92 Å². The predicted molar refractivity (Wildman–Crippen MR) is 128 cm³/mol. The molecule has 2 aromatic carbocycles. The SMILES string of the molecule is Cc1ccc(NC(=O)CCSc2nnc(NC(=O)CN3C(=O)c4ccccc4S3(=O)=O)s2)cc1.